The van der Waals surface area contributed by atoms with E-state index in [-0.39, 0.29) is 17.7 Å². The summed E-state index contributed by atoms with van der Waals surface area (Å²) in [5, 5.41) is 8.63. The average Bonchev–Trinajstić information content (AvgIpc) is 3.29. The molecule has 1 aliphatic carbocycles. The zero-order valence-electron chi connectivity index (χ0n) is 11.6. The summed E-state index contributed by atoms with van der Waals surface area (Å²) in [6.07, 6.45) is 3.60. The summed E-state index contributed by atoms with van der Waals surface area (Å²) in [5.74, 6) is 0.0621. The minimum atomic E-state index is -0.228. The van der Waals surface area contributed by atoms with Gasteiger partial charge in [-0.05, 0) is 31.9 Å². The fraction of sp³-hybridized carbons (Fsp3) is 0.500. The SMILES string of the molecule is CCNc1ccc(C(=O)NCCNC(=O)C2CC2)nc1. The van der Waals surface area contributed by atoms with Crippen LogP contribution in [0.15, 0.2) is 18.3 Å². The van der Waals surface area contributed by atoms with Crippen molar-refractivity contribution in [3.05, 3.63) is 24.0 Å². The second kappa shape index (κ2) is 6.88. The lowest BCUT2D eigenvalue weighted by Crippen LogP contribution is -2.35. The van der Waals surface area contributed by atoms with Gasteiger partial charge in [-0.3, -0.25) is 9.59 Å². The van der Waals surface area contributed by atoms with Crippen molar-refractivity contribution >= 4 is 17.5 Å². The second-order valence-corrected chi connectivity index (χ2v) is 4.78. The number of carbonyl (C=O) groups excluding carboxylic acids is 2. The van der Waals surface area contributed by atoms with E-state index in [9.17, 15) is 9.59 Å². The van der Waals surface area contributed by atoms with Crippen molar-refractivity contribution in [2.75, 3.05) is 25.0 Å². The van der Waals surface area contributed by atoms with Gasteiger partial charge in [-0.2, -0.15) is 0 Å². The zero-order valence-corrected chi connectivity index (χ0v) is 11.6. The number of nitrogens with one attached hydrogen (secondary N) is 3. The summed E-state index contributed by atoms with van der Waals surface area (Å²) in [7, 11) is 0. The molecule has 0 spiro atoms. The Hall–Kier alpha value is -2.11. The van der Waals surface area contributed by atoms with Crippen LogP contribution in [0.2, 0.25) is 0 Å². The van der Waals surface area contributed by atoms with Crippen LogP contribution < -0.4 is 16.0 Å². The Morgan fingerprint density at radius 1 is 1.25 bits per heavy atom. The number of carbonyl (C=O) groups is 2. The largest absolute Gasteiger partial charge is 0.384 e. The molecule has 2 amide bonds. The van der Waals surface area contributed by atoms with Crippen LogP contribution in [0.3, 0.4) is 0 Å². The zero-order chi connectivity index (χ0) is 14.4. The van der Waals surface area contributed by atoms with Gasteiger partial charge in [0.1, 0.15) is 5.69 Å². The summed E-state index contributed by atoms with van der Waals surface area (Å²) in [4.78, 5) is 27.3. The van der Waals surface area contributed by atoms with E-state index in [0.717, 1.165) is 25.1 Å². The first-order valence-corrected chi connectivity index (χ1v) is 6.96. The number of anilines is 1. The molecule has 1 aromatic rings. The number of aromatic nitrogens is 1. The van der Waals surface area contributed by atoms with Gasteiger partial charge < -0.3 is 16.0 Å². The van der Waals surface area contributed by atoms with Crippen LogP contribution in [0.1, 0.15) is 30.3 Å². The third-order valence-corrected chi connectivity index (χ3v) is 3.03. The maximum Gasteiger partial charge on any atom is 0.269 e. The van der Waals surface area contributed by atoms with Crippen molar-refractivity contribution in [1.82, 2.24) is 15.6 Å². The smallest absolute Gasteiger partial charge is 0.269 e. The summed E-state index contributed by atoms with van der Waals surface area (Å²) in [5.41, 5.74) is 1.26. The van der Waals surface area contributed by atoms with E-state index in [0.29, 0.717) is 18.8 Å². The highest BCUT2D eigenvalue weighted by Crippen LogP contribution is 2.28. The molecule has 0 unspecified atom stereocenters. The monoisotopic (exact) mass is 276 g/mol. The first-order chi connectivity index (χ1) is 9.70. The molecule has 2 rings (SSSR count). The van der Waals surface area contributed by atoms with Crippen LogP contribution in [0.4, 0.5) is 5.69 Å². The number of hydrogen-bond acceptors (Lipinski definition) is 4. The molecule has 0 bridgehead atoms. The van der Waals surface area contributed by atoms with E-state index in [1.54, 1.807) is 12.3 Å². The van der Waals surface area contributed by atoms with Crippen LogP contribution >= 0.6 is 0 Å². The molecule has 20 heavy (non-hydrogen) atoms. The number of rotatable bonds is 7. The van der Waals surface area contributed by atoms with E-state index in [1.807, 2.05) is 13.0 Å². The molecule has 0 aromatic carbocycles. The highest BCUT2D eigenvalue weighted by molar-refractivity contribution is 5.92. The van der Waals surface area contributed by atoms with Gasteiger partial charge in [-0.15, -0.1) is 0 Å². The lowest BCUT2D eigenvalue weighted by Gasteiger charge is -2.07. The summed E-state index contributed by atoms with van der Waals surface area (Å²) < 4.78 is 0. The van der Waals surface area contributed by atoms with Crippen molar-refractivity contribution in [2.45, 2.75) is 19.8 Å². The Bertz CT molecular complexity index is 469. The highest BCUT2D eigenvalue weighted by atomic mass is 16.2. The van der Waals surface area contributed by atoms with Gasteiger partial charge in [0.05, 0.1) is 11.9 Å². The van der Waals surface area contributed by atoms with Crippen LogP contribution in [-0.2, 0) is 4.79 Å². The Kier molecular flexibility index (Phi) is 4.92. The Labute approximate surface area is 118 Å². The normalized spacial score (nSPS) is 13.7. The number of hydrogen-bond donors (Lipinski definition) is 3. The number of pyridine rings is 1. The first-order valence-electron chi connectivity index (χ1n) is 6.96. The van der Waals surface area contributed by atoms with Crippen molar-refractivity contribution in [3.63, 3.8) is 0 Å². The molecular weight excluding hydrogens is 256 g/mol. The fourth-order valence-corrected chi connectivity index (χ4v) is 1.78. The van der Waals surface area contributed by atoms with Gasteiger partial charge >= 0.3 is 0 Å². The maximum atomic E-state index is 11.8. The molecule has 1 aromatic heterocycles. The second-order valence-electron chi connectivity index (χ2n) is 4.78. The van der Waals surface area contributed by atoms with Crippen LogP contribution in [-0.4, -0.2) is 36.4 Å². The quantitative estimate of drug-likeness (QED) is 0.642. The average molecular weight is 276 g/mol. The van der Waals surface area contributed by atoms with Crippen molar-refractivity contribution in [2.24, 2.45) is 5.92 Å². The fourth-order valence-electron chi connectivity index (χ4n) is 1.78. The van der Waals surface area contributed by atoms with Gasteiger partial charge in [-0.25, -0.2) is 4.98 Å². The molecule has 1 heterocycles. The summed E-state index contributed by atoms with van der Waals surface area (Å²) >= 11 is 0. The Morgan fingerprint density at radius 2 is 2.00 bits per heavy atom. The maximum absolute atomic E-state index is 11.8. The molecule has 0 atom stereocenters. The molecule has 108 valence electrons. The molecule has 0 saturated heterocycles. The molecule has 1 fully saturated rings. The molecule has 6 nitrogen and oxygen atoms in total. The topological polar surface area (TPSA) is 83.1 Å². The number of amides is 2. The first kappa shape index (κ1) is 14.3. The molecule has 3 N–H and O–H groups in total. The van der Waals surface area contributed by atoms with Gasteiger partial charge in [0.2, 0.25) is 5.91 Å². The lowest BCUT2D eigenvalue weighted by atomic mass is 10.3. The Balaban J connectivity index is 1.69. The predicted octanol–water partition coefficient (Wildman–Crippen LogP) is 0.769. The van der Waals surface area contributed by atoms with E-state index >= 15 is 0 Å². The molecule has 6 heteroatoms. The van der Waals surface area contributed by atoms with Crippen LogP contribution in [0.25, 0.3) is 0 Å². The van der Waals surface area contributed by atoms with E-state index in [2.05, 4.69) is 20.9 Å². The third kappa shape index (κ3) is 4.22. The molecule has 0 aliphatic heterocycles. The van der Waals surface area contributed by atoms with Gasteiger partial charge in [-0.1, -0.05) is 0 Å². The van der Waals surface area contributed by atoms with Gasteiger partial charge in [0, 0.05) is 25.6 Å². The van der Waals surface area contributed by atoms with Crippen molar-refractivity contribution in [1.29, 1.82) is 0 Å². The third-order valence-electron chi connectivity index (χ3n) is 3.03. The lowest BCUT2D eigenvalue weighted by molar-refractivity contribution is -0.122. The van der Waals surface area contributed by atoms with Crippen LogP contribution in [0.5, 0.6) is 0 Å². The van der Waals surface area contributed by atoms with Gasteiger partial charge in [0.15, 0.2) is 0 Å². The predicted molar refractivity (Wildman–Crippen MR) is 76.5 cm³/mol. The van der Waals surface area contributed by atoms with E-state index < -0.39 is 0 Å². The molecule has 1 saturated carbocycles. The summed E-state index contributed by atoms with van der Waals surface area (Å²) in [6.45, 7) is 3.68. The highest BCUT2D eigenvalue weighted by Gasteiger charge is 2.28. The Morgan fingerprint density at radius 3 is 2.60 bits per heavy atom. The minimum Gasteiger partial charge on any atom is -0.384 e. The summed E-state index contributed by atoms with van der Waals surface area (Å²) in [6, 6.07) is 3.50. The van der Waals surface area contributed by atoms with E-state index in [4.69, 9.17) is 0 Å². The van der Waals surface area contributed by atoms with Gasteiger partial charge in [0.25, 0.3) is 5.91 Å². The van der Waals surface area contributed by atoms with Crippen molar-refractivity contribution < 1.29 is 9.59 Å². The number of nitrogens with zero attached hydrogens (tertiary/aromatic N) is 1. The molecular formula is C14H20N4O2. The molecule has 1 aliphatic rings. The van der Waals surface area contributed by atoms with Crippen molar-refractivity contribution in [3.8, 4) is 0 Å². The van der Waals surface area contributed by atoms with E-state index in [1.165, 1.54) is 0 Å². The minimum absolute atomic E-state index is 0.0902. The molecule has 0 radical (unpaired) electrons. The van der Waals surface area contributed by atoms with Crippen LogP contribution in [0, 0.1) is 5.92 Å². The standard InChI is InChI=1S/C14H20N4O2/c1-2-15-11-5-6-12(18-9-11)14(20)17-8-7-16-13(19)10-3-4-10/h5-6,9-10,15H,2-4,7-8H2,1H3,(H,16,19)(H,17,20).